The molecule has 6 heteroatoms. The Morgan fingerprint density at radius 1 is 1.07 bits per heavy atom. The lowest BCUT2D eigenvalue weighted by molar-refractivity contribution is 0.251. The summed E-state index contributed by atoms with van der Waals surface area (Å²) < 4.78 is 5.95. The first kappa shape index (κ1) is 18.7. The van der Waals surface area contributed by atoms with Gasteiger partial charge in [-0.05, 0) is 54.1 Å². The summed E-state index contributed by atoms with van der Waals surface area (Å²) in [5, 5.41) is 28.9. The fourth-order valence-electron chi connectivity index (χ4n) is 3.86. The van der Waals surface area contributed by atoms with Crippen LogP contribution in [0.25, 0.3) is 6.08 Å². The molecular formula is C23H21N3O3. The van der Waals surface area contributed by atoms with E-state index in [0.29, 0.717) is 24.4 Å². The highest BCUT2D eigenvalue weighted by atomic mass is 16.5. The number of phenolic OH excluding ortho intramolecular Hbond substituents is 2. The van der Waals surface area contributed by atoms with Crippen LogP contribution in [-0.2, 0) is 4.74 Å². The van der Waals surface area contributed by atoms with E-state index in [1.165, 1.54) is 0 Å². The number of allylic oxidation sites excluding steroid dienone is 1. The molecule has 0 bridgehead atoms. The van der Waals surface area contributed by atoms with Crippen LogP contribution in [0.1, 0.15) is 17.0 Å². The van der Waals surface area contributed by atoms with Gasteiger partial charge in [0.1, 0.15) is 28.9 Å². The van der Waals surface area contributed by atoms with Crippen molar-refractivity contribution in [2.24, 2.45) is 5.73 Å². The highest BCUT2D eigenvalue weighted by Crippen LogP contribution is 2.43. The van der Waals surface area contributed by atoms with Crippen molar-refractivity contribution < 1.29 is 14.9 Å². The van der Waals surface area contributed by atoms with Crippen LogP contribution in [0, 0.1) is 11.3 Å². The lowest BCUT2D eigenvalue weighted by Gasteiger charge is -2.36. The van der Waals surface area contributed by atoms with E-state index in [9.17, 15) is 15.5 Å². The van der Waals surface area contributed by atoms with Crippen LogP contribution in [0.3, 0.4) is 0 Å². The Balaban J connectivity index is 1.85. The van der Waals surface area contributed by atoms with Crippen LogP contribution < -0.4 is 5.73 Å². The van der Waals surface area contributed by atoms with Crippen LogP contribution in [0.15, 0.2) is 76.9 Å². The number of phenols is 2. The van der Waals surface area contributed by atoms with Gasteiger partial charge in [0.05, 0.1) is 5.92 Å². The first-order valence-electron chi connectivity index (χ1n) is 9.24. The molecule has 0 amide bonds. The SMILES string of the molecule is CN1CC2=C(OC(N)=C(C#N)C2c2ccc(O)cc2)/C(=C/c2ccc(O)cc2)C1. The molecule has 4 N–H and O–H groups in total. The van der Waals surface area contributed by atoms with E-state index in [2.05, 4.69) is 11.0 Å². The van der Waals surface area contributed by atoms with E-state index < -0.39 is 0 Å². The predicted molar refractivity (Wildman–Crippen MR) is 109 cm³/mol. The predicted octanol–water partition coefficient (Wildman–Crippen LogP) is 3.19. The van der Waals surface area contributed by atoms with Crippen LogP contribution >= 0.6 is 0 Å². The quantitative estimate of drug-likeness (QED) is 0.731. The number of nitrogens with two attached hydrogens (primary N) is 1. The molecule has 2 aliphatic rings. The first-order chi connectivity index (χ1) is 14.0. The smallest absolute Gasteiger partial charge is 0.205 e. The van der Waals surface area contributed by atoms with E-state index in [4.69, 9.17) is 10.5 Å². The summed E-state index contributed by atoms with van der Waals surface area (Å²) in [6.45, 7) is 1.30. The van der Waals surface area contributed by atoms with E-state index in [1.807, 2.05) is 25.3 Å². The van der Waals surface area contributed by atoms with Gasteiger partial charge >= 0.3 is 0 Å². The second-order valence-corrected chi connectivity index (χ2v) is 7.30. The minimum absolute atomic E-state index is 0.102. The maximum Gasteiger partial charge on any atom is 0.205 e. The zero-order chi connectivity index (χ0) is 20.5. The summed E-state index contributed by atoms with van der Waals surface area (Å²) in [5.74, 6) is 0.825. The van der Waals surface area contributed by atoms with Gasteiger partial charge in [-0.25, -0.2) is 0 Å². The Hall–Kier alpha value is -3.69. The van der Waals surface area contributed by atoms with Crippen molar-refractivity contribution >= 4 is 6.08 Å². The van der Waals surface area contributed by atoms with Crippen LogP contribution in [0.2, 0.25) is 0 Å². The second-order valence-electron chi connectivity index (χ2n) is 7.30. The highest BCUT2D eigenvalue weighted by molar-refractivity contribution is 5.63. The Morgan fingerprint density at radius 3 is 2.31 bits per heavy atom. The zero-order valence-electron chi connectivity index (χ0n) is 16.0. The molecule has 1 atom stereocenters. The first-order valence-corrected chi connectivity index (χ1v) is 9.24. The largest absolute Gasteiger partial charge is 0.508 e. The Morgan fingerprint density at radius 2 is 1.69 bits per heavy atom. The van der Waals surface area contributed by atoms with Crippen molar-refractivity contribution in [1.29, 1.82) is 5.26 Å². The van der Waals surface area contributed by atoms with Crippen molar-refractivity contribution in [2.75, 3.05) is 20.1 Å². The molecule has 0 saturated heterocycles. The Labute approximate surface area is 169 Å². The maximum absolute atomic E-state index is 9.74. The van der Waals surface area contributed by atoms with Gasteiger partial charge in [0.25, 0.3) is 0 Å². The normalized spacial score (nSPS) is 21.0. The van der Waals surface area contributed by atoms with Gasteiger partial charge in [-0.3, -0.25) is 4.90 Å². The zero-order valence-corrected chi connectivity index (χ0v) is 16.0. The minimum atomic E-state index is -0.338. The molecule has 1 unspecified atom stereocenters. The topological polar surface area (TPSA) is 103 Å². The molecule has 0 aromatic heterocycles. The molecule has 0 aliphatic carbocycles. The fraction of sp³-hybridized carbons (Fsp3) is 0.174. The summed E-state index contributed by atoms with van der Waals surface area (Å²) in [5.41, 5.74) is 10.2. The van der Waals surface area contributed by atoms with Gasteiger partial charge in [-0.1, -0.05) is 24.3 Å². The monoisotopic (exact) mass is 387 g/mol. The summed E-state index contributed by atoms with van der Waals surface area (Å²) in [7, 11) is 2.01. The number of benzene rings is 2. The van der Waals surface area contributed by atoms with Crippen molar-refractivity contribution in [3.8, 4) is 17.6 Å². The number of aromatic hydroxyl groups is 2. The van der Waals surface area contributed by atoms with Crippen molar-refractivity contribution in [3.63, 3.8) is 0 Å². The van der Waals surface area contributed by atoms with Gasteiger partial charge in [0.15, 0.2) is 0 Å². The van der Waals surface area contributed by atoms with Crippen LogP contribution in [0.5, 0.6) is 11.5 Å². The molecule has 0 radical (unpaired) electrons. The third kappa shape index (κ3) is 3.56. The minimum Gasteiger partial charge on any atom is -0.508 e. The van der Waals surface area contributed by atoms with Gasteiger partial charge in [-0.15, -0.1) is 0 Å². The number of hydrogen-bond acceptors (Lipinski definition) is 6. The third-order valence-corrected chi connectivity index (χ3v) is 5.16. The van der Waals surface area contributed by atoms with E-state index >= 15 is 0 Å². The molecule has 0 saturated carbocycles. The number of ether oxygens (including phenoxy) is 1. The number of rotatable bonds is 2. The molecule has 2 aromatic carbocycles. The molecule has 6 nitrogen and oxygen atoms in total. The lowest BCUT2D eigenvalue weighted by atomic mass is 9.80. The summed E-state index contributed by atoms with van der Waals surface area (Å²) in [4.78, 5) is 2.15. The van der Waals surface area contributed by atoms with E-state index in [1.54, 1.807) is 36.4 Å². The number of nitriles is 1. The van der Waals surface area contributed by atoms with Gasteiger partial charge in [0.2, 0.25) is 5.88 Å². The molecule has 29 heavy (non-hydrogen) atoms. The van der Waals surface area contributed by atoms with E-state index in [0.717, 1.165) is 22.3 Å². The average molecular weight is 387 g/mol. The second kappa shape index (κ2) is 7.38. The molecular weight excluding hydrogens is 366 g/mol. The maximum atomic E-state index is 9.74. The summed E-state index contributed by atoms with van der Waals surface area (Å²) >= 11 is 0. The molecule has 4 rings (SSSR count). The molecule has 146 valence electrons. The third-order valence-electron chi connectivity index (χ3n) is 5.16. The Bertz CT molecular complexity index is 1070. The van der Waals surface area contributed by atoms with Gasteiger partial charge < -0.3 is 20.7 Å². The molecule has 0 spiro atoms. The standard InChI is InChI=1S/C23H21N3O3/c1-26-12-16(10-14-2-6-17(27)7-3-14)22-20(13-26)21(19(11-24)23(25)29-22)15-4-8-18(28)9-5-15/h2-10,21,27-28H,12-13,25H2,1H3/b16-10+. The van der Waals surface area contributed by atoms with Gasteiger partial charge in [0, 0.05) is 18.7 Å². The molecule has 0 fully saturated rings. The summed E-state index contributed by atoms with van der Waals surface area (Å²) in [6.07, 6.45) is 2.00. The van der Waals surface area contributed by atoms with Crippen molar-refractivity contribution in [2.45, 2.75) is 5.92 Å². The number of likely N-dealkylation sites (N-methyl/N-ethyl adjacent to an activating group) is 1. The Kier molecular flexibility index (Phi) is 4.75. The number of nitrogens with zero attached hydrogens (tertiary/aromatic N) is 2. The van der Waals surface area contributed by atoms with Gasteiger partial charge in [-0.2, -0.15) is 5.26 Å². The number of hydrogen-bond donors (Lipinski definition) is 3. The lowest BCUT2D eigenvalue weighted by Crippen LogP contribution is -2.35. The molecule has 2 heterocycles. The highest BCUT2D eigenvalue weighted by Gasteiger charge is 2.36. The molecule has 2 aliphatic heterocycles. The van der Waals surface area contributed by atoms with E-state index in [-0.39, 0.29) is 23.3 Å². The van der Waals surface area contributed by atoms with Crippen LogP contribution in [-0.4, -0.2) is 35.3 Å². The molecule has 2 aromatic rings. The van der Waals surface area contributed by atoms with Crippen LogP contribution in [0.4, 0.5) is 0 Å². The van der Waals surface area contributed by atoms with Crippen molar-refractivity contribution in [1.82, 2.24) is 4.90 Å². The fourth-order valence-corrected chi connectivity index (χ4v) is 3.86. The average Bonchev–Trinajstić information content (AvgIpc) is 2.70. The van der Waals surface area contributed by atoms with Crippen molar-refractivity contribution in [3.05, 3.63) is 88.0 Å². The summed E-state index contributed by atoms with van der Waals surface area (Å²) in [6, 6.07) is 16.0.